The molecule has 6 heteroatoms. The molecule has 1 N–H and O–H groups in total. The lowest BCUT2D eigenvalue weighted by atomic mass is 10.1. The Labute approximate surface area is 103 Å². The zero-order valence-corrected chi connectivity index (χ0v) is 9.75. The number of hydrogen-bond donors (Lipinski definition) is 1. The molecule has 88 valence electrons. The highest BCUT2D eigenvalue weighted by Crippen LogP contribution is 2.22. The smallest absolute Gasteiger partial charge is 0.111 e. The Kier molecular flexibility index (Phi) is 2.31. The summed E-state index contributed by atoms with van der Waals surface area (Å²) in [5, 5.41) is 20.8. The molecule has 0 fully saturated rings. The van der Waals surface area contributed by atoms with E-state index in [1.54, 1.807) is 17.1 Å². The van der Waals surface area contributed by atoms with Gasteiger partial charge in [0.1, 0.15) is 5.52 Å². The molecule has 0 amide bonds. The predicted octanol–water partition coefficient (Wildman–Crippen LogP) is 1.42. The molecule has 0 saturated carbocycles. The van der Waals surface area contributed by atoms with Crippen LogP contribution in [0.5, 0.6) is 0 Å². The van der Waals surface area contributed by atoms with Gasteiger partial charge >= 0.3 is 0 Å². The lowest BCUT2D eigenvalue weighted by molar-refractivity contribution is 0.768. The molecule has 0 radical (unpaired) electrons. The van der Waals surface area contributed by atoms with E-state index in [0.717, 1.165) is 27.9 Å². The third-order valence-corrected chi connectivity index (χ3v) is 2.78. The van der Waals surface area contributed by atoms with Crippen molar-refractivity contribution in [2.24, 2.45) is 7.05 Å². The molecule has 0 aromatic carbocycles. The second-order valence-electron chi connectivity index (χ2n) is 4.03. The van der Waals surface area contributed by atoms with Crippen LogP contribution in [0, 0.1) is 11.3 Å². The maximum atomic E-state index is 8.76. The number of H-pyrrole nitrogens is 1. The van der Waals surface area contributed by atoms with Crippen molar-refractivity contribution in [2.45, 2.75) is 6.42 Å². The van der Waals surface area contributed by atoms with Gasteiger partial charge in [0.25, 0.3) is 0 Å². The highest BCUT2D eigenvalue weighted by Gasteiger charge is 2.08. The number of pyridine rings is 1. The molecule has 0 aliphatic heterocycles. The highest BCUT2D eigenvalue weighted by atomic mass is 15.2. The normalized spacial score (nSPS) is 10.7. The summed E-state index contributed by atoms with van der Waals surface area (Å²) in [6, 6.07) is 4.05. The quantitative estimate of drug-likeness (QED) is 0.731. The number of aryl methyl sites for hydroxylation is 1. The van der Waals surface area contributed by atoms with Crippen LogP contribution in [0.25, 0.3) is 22.2 Å². The van der Waals surface area contributed by atoms with E-state index in [9.17, 15) is 0 Å². The Bertz CT molecular complexity index is 745. The Balaban J connectivity index is 2.15. The first-order chi connectivity index (χ1) is 8.78. The summed E-state index contributed by atoms with van der Waals surface area (Å²) in [5.74, 6) is 0. The molecular weight excluding hydrogens is 228 g/mol. The molecule has 0 unspecified atom stereocenters. The Morgan fingerprint density at radius 2 is 2.33 bits per heavy atom. The van der Waals surface area contributed by atoms with Crippen LogP contribution >= 0.6 is 0 Å². The second kappa shape index (κ2) is 3.96. The average Bonchev–Trinajstić information content (AvgIpc) is 2.96. The van der Waals surface area contributed by atoms with E-state index >= 15 is 0 Å². The third kappa shape index (κ3) is 1.62. The van der Waals surface area contributed by atoms with Gasteiger partial charge in [0.15, 0.2) is 0 Å². The number of hydrogen-bond acceptors (Lipinski definition) is 4. The number of fused-ring (bicyclic) bond motifs is 1. The lowest BCUT2D eigenvalue weighted by Gasteiger charge is -1.97. The first kappa shape index (κ1) is 10.5. The van der Waals surface area contributed by atoms with Gasteiger partial charge in [-0.2, -0.15) is 15.5 Å². The number of nitriles is 1. The number of rotatable bonds is 2. The Hall–Kier alpha value is -2.68. The van der Waals surface area contributed by atoms with Crippen LogP contribution in [0.3, 0.4) is 0 Å². The number of nitrogens with zero attached hydrogens (tertiary/aromatic N) is 5. The Morgan fingerprint density at radius 3 is 3.06 bits per heavy atom. The maximum Gasteiger partial charge on any atom is 0.111 e. The first-order valence-electron chi connectivity index (χ1n) is 5.47. The first-order valence-corrected chi connectivity index (χ1v) is 5.47. The van der Waals surface area contributed by atoms with Crippen LogP contribution in [0.15, 0.2) is 24.7 Å². The average molecular weight is 238 g/mol. The van der Waals surface area contributed by atoms with E-state index in [0.29, 0.717) is 6.42 Å². The van der Waals surface area contributed by atoms with Crippen molar-refractivity contribution < 1.29 is 0 Å². The summed E-state index contributed by atoms with van der Waals surface area (Å²) in [4.78, 5) is 4.35. The standard InChI is InChI=1S/C12H10N6/c1-18-7-8(5-15-18)11-4-9-10(2-3-13)16-17-12(9)6-14-11/h4-7H,2H2,1H3,(H,16,17). The minimum absolute atomic E-state index is 0.312. The maximum absolute atomic E-state index is 8.76. The SMILES string of the molecule is Cn1cc(-c2cc3c(CC#N)[nH]nc3cn2)cn1. The van der Waals surface area contributed by atoms with Gasteiger partial charge in [-0.1, -0.05) is 0 Å². The topological polar surface area (TPSA) is 83.2 Å². The zero-order valence-electron chi connectivity index (χ0n) is 9.75. The molecule has 3 heterocycles. The van der Waals surface area contributed by atoms with Crippen molar-refractivity contribution in [1.82, 2.24) is 25.0 Å². The molecule has 0 saturated heterocycles. The van der Waals surface area contributed by atoms with Crippen LogP contribution in [-0.2, 0) is 13.5 Å². The number of aromatic amines is 1. The minimum Gasteiger partial charge on any atom is -0.280 e. The van der Waals surface area contributed by atoms with Crippen molar-refractivity contribution in [1.29, 1.82) is 5.26 Å². The number of nitrogens with one attached hydrogen (secondary N) is 1. The van der Waals surface area contributed by atoms with E-state index in [-0.39, 0.29) is 0 Å². The summed E-state index contributed by atoms with van der Waals surface area (Å²) >= 11 is 0. The van der Waals surface area contributed by atoms with Crippen LogP contribution < -0.4 is 0 Å². The van der Waals surface area contributed by atoms with Gasteiger partial charge in [-0.25, -0.2) is 0 Å². The van der Waals surface area contributed by atoms with E-state index in [2.05, 4.69) is 26.3 Å². The number of aromatic nitrogens is 5. The van der Waals surface area contributed by atoms with Crippen molar-refractivity contribution >= 4 is 10.9 Å². The molecule has 18 heavy (non-hydrogen) atoms. The second-order valence-corrected chi connectivity index (χ2v) is 4.03. The lowest BCUT2D eigenvalue weighted by Crippen LogP contribution is -1.85. The third-order valence-electron chi connectivity index (χ3n) is 2.78. The molecule has 0 aliphatic rings. The van der Waals surface area contributed by atoms with E-state index in [4.69, 9.17) is 5.26 Å². The summed E-state index contributed by atoms with van der Waals surface area (Å²) in [5.41, 5.74) is 3.37. The van der Waals surface area contributed by atoms with Gasteiger partial charge in [-0.15, -0.1) is 0 Å². The largest absolute Gasteiger partial charge is 0.280 e. The van der Waals surface area contributed by atoms with Crippen LogP contribution in [0.4, 0.5) is 0 Å². The fourth-order valence-corrected chi connectivity index (χ4v) is 1.89. The van der Waals surface area contributed by atoms with Crippen LogP contribution in [0.1, 0.15) is 5.69 Å². The molecule has 0 aliphatic carbocycles. The van der Waals surface area contributed by atoms with Crippen molar-refractivity contribution in [3.8, 4) is 17.3 Å². The summed E-state index contributed by atoms with van der Waals surface area (Å²) in [7, 11) is 1.86. The van der Waals surface area contributed by atoms with Crippen molar-refractivity contribution in [3.63, 3.8) is 0 Å². The predicted molar refractivity (Wildman–Crippen MR) is 65.4 cm³/mol. The van der Waals surface area contributed by atoms with Gasteiger partial charge in [-0.05, 0) is 6.07 Å². The fourth-order valence-electron chi connectivity index (χ4n) is 1.89. The Morgan fingerprint density at radius 1 is 1.44 bits per heavy atom. The van der Waals surface area contributed by atoms with Gasteiger partial charge < -0.3 is 0 Å². The van der Waals surface area contributed by atoms with Crippen molar-refractivity contribution in [3.05, 3.63) is 30.4 Å². The van der Waals surface area contributed by atoms with Crippen LogP contribution in [-0.4, -0.2) is 25.0 Å². The molecule has 0 atom stereocenters. The fraction of sp³-hybridized carbons (Fsp3) is 0.167. The molecule has 6 nitrogen and oxygen atoms in total. The minimum atomic E-state index is 0.312. The molecule has 3 aromatic rings. The highest BCUT2D eigenvalue weighted by molar-refractivity contribution is 5.84. The van der Waals surface area contributed by atoms with E-state index in [1.807, 2.05) is 19.3 Å². The molecule has 3 rings (SSSR count). The van der Waals surface area contributed by atoms with E-state index in [1.165, 1.54) is 0 Å². The molecule has 3 aromatic heterocycles. The van der Waals surface area contributed by atoms with Gasteiger partial charge in [0.05, 0.1) is 36.3 Å². The van der Waals surface area contributed by atoms with Gasteiger partial charge in [0.2, 0.25) is 0 Å². The molecular formula is C12H10N6. The van der Waals surface area contributed by atoms with Gasteiger partial charge in [-0.3, -0.25) is 14.8 Å². The summed E-state index contributed by atoms with van der Waals surface area (Å²) in [6.45, 7) is 0. The van der Waals surface area contributed by atoms with Gasteiger partial charge in [0, 0.05) is 24.2 Å². The summed E-state index contributed by atoms with van der Waals surface area (Å²) in [6.07, 6.45) is 5.68. The van der Waals surface area contributed by atoms with Crippen molar-refractivity contribution in [2.75, 3.05) is 0 Å². The molecule has 0 spiro atoms. The molecule has 0 bridgehead atoms. The van der Waals surface area contributed by atoms with E-state index < -0.39 is 0 Å². The summed E-state index contributed by atoms with van der Waals surface area (Å²) < 4.78 is 1.73. The zero-order chi connectivity index (χ0) is 12.5. The van der Waals surface area contributed by atoms with Crippen LogP contribution in [0.2, 0.25) is 0 Å². The monoisotopic (exact) mass is 238 g/mol.